The Kier molecular flexibility index (Phi) is 6.08. The first kappa shape index (κ1) is 13.7. The van der Waals surface area contributed by atoms with Crippen molar-refractivity contribution < 1.29 is 17.3 Å². The van der Waals surface area contributed by atoms with E-state index < -0.39 is 22.7 Å². The second-order valence-corrected chi connectivity index (χ2v) is 5.54. The Labute approximate surface area is 85.9 Å². The molecular formula is C9H18F2O2S. The molecule has 0 bridgehead atoms. The molecule has 1 unspecified atom stereocenters. The summed E-state index contributed by atoms with van der Waals surface area (Å²) < 4.78 is 30.0. The van der Waals surface area contributed by atoms with Gasteiger partial charge in [0.2, 0.25) is 0 Å². The van der Waals surface area contributed by atoms with Crippen LogP contribution in [-0.4, -0.2) is 24.6 Å². The quantitative estimate of drug-likeness (QED) is 0.515. The molecule has 0 rings (SSSR count). The summed E-state index contributed by atoms with van der Waals surface area (Å²) >= 11 is 0. The molecule has 0 aromatic carbocycles. The van der Waals surface area contributed by atoms with Crippen molar-refractivity contribution in [3.8, 4) is 0 Å². The van der Waals surface area contributed by atoms with Crippen LogP contribution in [0.3, 0.4) is 0 Å². The predicted octanol–water partition coefficient (Wildman–Crippen LogP) is 3.17. The van der Waals surface area contributed by atoms with Gasteiger partial charge < -0.3 is 4.74 Å². The number of carbonyl (C=O) groups excluding carboxylic acids is 1. The highest BCUT2D eigenvalue weighted by molar-refractivity contribution is 8.24. The molecule has 0 heterocycles. The smallest absolute Gasteiger partial charge is 0.309 e. The highest BCUT2D eigenvalue weighted by Gasteiger charge is 2.24. The molecule has 0 aliphatic carbocycles. The van der Waals surface area contributed by atoms with Crippen molar-refractivity contribution in [2.24, 2.45) is 5.92 Å². The minimum Gasteiger partial charge on any atom is -0.465 e. The van der Waals surface area contributed by atoms with Gasteiger partial charge in [-0.2, -0.15) is 7.77 Å². The summed E-state index contributed by atoms with van der Waals surface area (Å²) in [6, 6.07) is 0. The van der Waals surface area contributed by atoms with Gasteiger partial charge in [0, 0.05) is 12.0 Å². The van der Waals surface area contributed by atoms with E-state index >= 15 is 0 Å². The number of carbonyl (C=O) groups is 1. The lowest BCUT2D eigenvalue weighted by atomic mass is 10.2. The van der Waals surface area contributed by atoms with Gasteiger partial charge in [-0.15, -0.1) is 0 Å². The molecule has 0 aromatic rings. The van der Waals surface area contributed by atoms with E-state index in [9.17, 15) is 12.6 Å². The first-order valence-electron chi connectivity index (χ1n) is 4.68. The molecular weight excluding hydrogens is 210 g/mol. The second-order valence-electron chi connectivity index (χ2n) is 3.46. The molecule has 5 heteroatoms. The van der Waals surface area contributed by atoms with E-state index in [2.05, 4.69) is 0 Å². The van der Waals surface area contributed by atoms with Gasteiger partial charge in [-0.25, -0.2) is 0 Å². The van der Waals surface area contributed by atoms with Crippen LogP contribution in [0.25, 0.3) is 0 Å². The van der Waals surface area contributed by atoms with E-state index in [1.807, 2.05) is 6.92 Å². The summed E-state index contributed by atoms with van der Waals surface area (Å²) in [6.07, 6.45) is 2.60. The van der Waals surface area contributed by atoms with Crippen molar-refractivity contribution in [1.29, 1.82) is 0 Å². The Bertz CT molecular complexity index is 180. The van der Waals surface area contributed by atoms with E-state index in [0.717, 1.165) is 19.1 Å². The van der Waals surface area contributed by atoms with E-state index in [1.165, 1.54) is 6.92 Å². The highest BCUT2D eigenvalue weighted by Crippen LogP contribution is 2.48. The zero-order valence-electron chi connectivity index (χ0n) is 8.89. The normalized spacial score (nSPS) is 14.9. The van der Waals surface area contributed by atoms with Crippen LogP contribution in [0.1, 0.15) is 26.7 Å². The molecule has 86 valence electrons. The Hall–Kier alpha value is -0.320. The van der Waals surface area contributed by atoms with Gasteiger partial charge in [-0.3, -0.25) is 4.79 Å². The van der Waals surface area contributed by atoms with Crippen LogP contribution in [0.5, 0.6) is 0 Å². The SMILES string of the molecule is CCCCOC(=O)C(C)CS(C)(F)F. The molecule has 0 aliphatic heterocycles. The summed E-state index contributed by atoms with van der Waals surface area (Å²) in [5.41, 5.74) is 0. The molecule has 0 amide bonds. The molecule has 0 aromatic heterocycles. The molecule has 0 spiro atoms. The summed E-state index contributed by atoms with van der Waals surface area (Å²) in [5.74, 6) is -1.56. The lowest BCUT2D eigenvalue weighted by Crippen LogP contribution is -2.19. The highest BCUT2D eigenvalue weighted by atomic mass is 32.3. The maximum Gasteiger partial charge on any atom is 0.309 e. The van der Waals surface area contributed by atoms with Crippen LogP contribution in [-0.2, 0) is 9.53 Å². The number of halogens is 2. The number of rotatable bonds is 6. The minimum atomic E-state index is -3.60. The average Bonchev–Trinajstić information content (AvgIpc) is 2.01. The summed E-state index contributed by atoms with van der Waals surface area (Å²) in [5, 5.41) is 0. The molecule has 14 heavy (non-hydrogen) atoms. The fourth-order valence-electron chi connectivity index (χ4n) is 0.966. The monoisotopic (exact) mass is 228 g/mol. The van der Waals surface area contributed by atoms with Crippen molar-refractivity contribution in [3.05, 3.63) is 0 Å². The lowest BCUT2D eigenvalue weighted by molar-refractivity contribution is -0.147. The average molecular weight is 228 g/mol. The van der Waals surface area contributed by atoms with Gasteiger partial charge in [0.25, 0.3) is 0 Å². The fraction of sp³-hybridized carbons (Fsp3) is 0.889. The Balaban J connectivity index is 3.77. The van der Waals surface area contributed by atoms with Crippen molar-refractivity contribution in [1.82, 2.24) is 0 Å². The number of unbranched alkanes of at least 4 members (excludes halogenated alkanes) is 1. The number of hydrogen-bond donors (Lipinski definition) is 0. The molecule has 0 radical (unpaired) electrons. The molecule has 2 nitrogen and oxygen atoms in total. The molecule has 1 atom stereocenters. The molecule has 0 fully saturated rings. The Morgan fingerprint density at radius 1 is 1.50 bits per heavy atom. The Morgan fingerprint density at radius 3 is 2.50 bits per heavy atom. The minimum absolute atomic E-state index is 0.338. The van der Waals surface area contributed by atoms with Crippen LogP contribution in [0.4, 0.5) is 7.77 Å². The first-order valence-corrected chi connectivity index (χ1v) is 6.69. The van der Waals surface area contributed by atoms with Crippen molar-refractivity contribution in [2.75, 3.05) is 18.6 Å². The number of ether oxygens (including phenoxy) is 1. The van der Waals surface area contributed by atoms with Crippen molar-refractivity contribution >= 4 is 16.8 Å². The Morgan fingerprint density at radius 2 is 2.07 bits per heavy atom. The summed E-state index contributed by atoms with van der Waals surface area (Å²) in [7, 11) is -3.60. The van der Waals surface area contributed by atoms with Gasteiger partial charge in [-0.05, 0) is 6.42 Å². The second kappa shape index (κ2) is 6.22. The number of esters is 1. The fourth-order valence-corrected chi connectivity index (χ4v) is 1.98. The topological polar surface area (TPSA) is 26.3 Å². The van der Waals surface area contributed by atoms with Crippen LogP contribution >= 0.6 is 10.8 Å². The molecule has 0 saturated heterocycles. The number of hydrogen-bond acceptors (Lipinski definition) is 2. The van der Waals surface area contributed by atoms with Gasteiger partial charge in [-0.1, -0.05) is 20.3 Å². The molecule has 0 aliphatic rings. The summed E-state index contributed by atoms with van der Waals surface area (Å²) in [6.45, 7) is 3.80. The third-order valence-electron chi connectivity index (χ3n) is 1.69. The zero-order valence-corrected chi connectivity index (χ0v) is 9.70. The zero-order chi connectivity index (χ0) is 11.2. The van der Waals surface area contributed by atoms with Crippen molar-refractivity contribution in [2.45, 2.75) is 26.7 Å². The lowest BCUT2D eigenvalue weighted by Gasteiger charge is -2.18. The van der Waals surface area contributed by atoms with Crippen molar-refractivity contribution in [3.63, 3.8) is 0 Å². The van der Waals surface area contributed by atoms with E-state index in [0.29, 0.717) is 6.61 Å². The van der Waals surface area contributed by atoms with Crippen LogP contribution in [0.2, 0.25) is 0 Å². The molecule has 0 N–H and O–H groups in total. The van der Waals surface area contributed by atoms with Crippen LogP contribution < -0.4 is 0 Å². The van der Waals surface area contributed by atoms with Crippen LogP contribution in [0, 0.1) is 5.92 Å². The molecule has 0 saturated carbocycles. The largest absolute Gasteiger partial charge is 0.465 e. The van der Waals surface area contributed by atoms with Gasteiger partial charge in [0.05, 0.1) is 23.3 Å². The maximum atomic E-state index is 12.6. The van der Waals surface area contributed by atoms with E-state index in [-0.39, 0.29) is 5.75 Å². The van der Waals surface area contributed by atoms with Gasteiger partial charge in [0.15, 0.2) is 0 Å². The first-order chi connectivity index (χ1) is 6.37. The van der Waals surface area contributed by atoms with E-state index in [1.54, 1.807) is 0 Å². The third-order valence-corrected chi connectivity index (χ3v) is 2.77. The predicted molar refractivity (Wildman–Crippen MR) is 55.6 cm³/mol. The maximum absolute atomic E-state index is 12.6. The summed E-state index contributed by atoms with van der Waals surface area (Å²) in [4.78, 5) is 11.2. The standard InChI is InChI=1S/C9H18F2O2S/c1-4-5-6-13-9(12)8(2)7-14(3,10)11/h8H,4-7H2,1-3H3. The van der Waals surface area contributed by atoms with Gasteiger partial charge in [0.1, 0.15) is 0 Å². The van der Waals surface area contributed by atoms with Gasteiger partial charge >= 0.3 is 5.97 Å². The van der Waals surface area contributed by atoms with E-state index in [4.69, 9.17) is 4.74 Å². The third kappa shape index (κ3) is 7.12. The van der Waals surface area contributed by atoms with Crippen LogP contribution in [0.15, 0.2) is 0 Å².